The topological polar surface area (TPSA) is 102 Å². The van der Waals surface area contributed by atoms with Crippen LogP contribution in [0.25, 0.3) is 11.1 Å². The molecule has 6 nitrogen and oxygen atoms in total. The van der Waals surface area contributed by atoms with E-state index in [2.05, 4.69) is 15.2 Å². The second-order valence-electron chi connectivity index (χ2n) is 4.18. The smallest absolute Gasteiger partial charge is 0.143 e. The first-order chi connectivity index (χ1) is 9.20. The van der Waals surface area contributed by atoms with E-state index in [1.165, 1.54) is 6.34 Å². The molecule has 0 bridgehead atoms. The highest BCUT2D eigenvalue weighted by Crippen LogP contribution is 2.29. The summed E-state index contributed by atoms with van der Waals surface area (Å²) < 4.78 is 5.76. The number of benzene rings is 1. The zero-order valence-electron chi connectivity index (χ0n) is 10.7. The van der Waals surface area contributed by atoms with E-state index in [-0.39, 0.29) is 6.10 Å². The fourth-order valence-corrected chi connectivity index (χ4v) is 1.69. The van der Waals surface area contributed by atoms with Crippen LogP contribution < -0.4 is 16.2 Å². The molecule has 6 heteroatoms. The quantitative estimate of drug-likeness (QED) is 0.429. The Kier molecular flexibility index (Phi) is 4.02. The summed E-state index contributed by atoms with van der Waals surface area (Å²) in [6.45, 7) is 2.41. The maximum absolute atomic E-state index is 5.91. The van der Waals surface area contributed by atoms with Crippen LogP contribution in [0.3, 0.4) is 0 Å². The van der Waals surface area contributed by atoms with Crippen molar-refractivity contribution in [3.05, 3.63) is 30.6 Å². The number of ether oxygens (including phenoxy) is 1. The molecule has 1 atom stereocenters. The molecule has 19 heavy (non-hydrogen) atoms. The Morgan fingerprint density at radius 2 is 2.32 bits per heavy atom. The number of aromatic nitrogens is 2. The van der Waals surface area contributed by atoms with Gasteiger partial charge in [-0.1, -0.05) is 6.07 Å². The molecule has 2 aromatic rings. The number of aliphatic imine (C=N–C) groups is 1. The number of nitrogens with zero attached hydrogens (tertiary/aromatic N) is 2. The zero-order valence-corrected chi connectivity index (χ0v) is 10.7. The summed E-state index contributed by atoms with van der Waals surface area (Å²) in [5.74, 6) is 0.637. The van der Waals surface area contributed by atoms with Gasteiger partial charge in [-0.15, -0.1) is 0 Å². The van der Waals surface area contributed by atoms with Gasteiger partial charge in [0, 0.05) is 11.8 Å². The lowest BCUT2D eigenvalue weighted by Crippen LogP contribution is -2.17. The van der Waals surface area contributed by atoms with Crippen molar-refractivity contribution in [3.63, 3.8) is 0 Å². The Balaban J connectivity index is 2.18. The summed E-state index contributed by atoms with van der Waals surface area (Å²) in [5, 5.41) is 6.70. The predicted octanol–water partition coefficient (Wildman–Crippen LogP) is 1.41. The number of aromatic amines is 1. The van der Waals surface area contributed by atoms with E-state index < -0.39 is 0 Å². The van der Waals surface area contributed by atoms with Gasteiger partial charge in [0.05, 0.1) is 24.8 Å². The third-order valence-electron chi connectivity index (χ3n) is 2.64. The number of H-pyrrole nitrogens is 1. The van der Waals surface area contributed by atoms with Gasteiger partial charge in [-0.2, -0.15) is 5.10 Å². The highest BCUT2D eigenvalue weighted by Gasteiger charge is 2.08. The number of rotatable bonds is 5. The molecule has 1 aromatic heterocycles. The molecule has 0 fully saturated rings. The Labute approximate surface area is 111 Å². The maximum atomic E-state index is 5.91. The molecule has 100 valence electrons. The summed E-state index contributed by atoms with van der Waals surface area (Å²) in [4.78, 5) is 3.94. The monoisotopic (exact) mass is 259 g/mol. The molecular weight excluding hydrogens is 242 g/mol. The highest BCUT2D eigenvalue weighted by atomic mass is 16.5. The minimum Gasteiger partial charge on any atom is -0.487 e. The lowest BCUT2D eigenvalue weighted by Gasteiger charge is -2.15. The molecule has 0 radical (unpaired) electrons. The molecule has 2 rings (SSSR count). The molecule has 1 heterocycles. The summed E-state index contributed by atoms with van der Waals surface area (Å²) >= 11 is 0. The summed E-state index contributed by atoms with van der Waals surface area (Å²) in [6, 6.07) is 5.63. The van der Waals surface area contributed by atoms with Crippen LogP contribution in [-0.2, 0) is 0 Å². The SMILES string of the molecule is C[C@@H](CN=CN)Oc1cc(-c2cn[nH]c2)ccc1N. The van der Waals surface area contributed by atoms with Gasteiger partial charge in [-0.3, -0.25) is 10.1 Å². The van der Waals surface area contributed by atoms with Crippen LogP contribution in [0.2, 0.25) is 0 Å². The molecule has 1 aromatic carbocycles. The van der Waals surface area contributed by atoms with Gasteiger partial charge >= 0.3 is 0 Å². The van der Waals surface area contributed by atoms with E-state index in [4.69, 9.17) is 16.2 Å². The Bertz CT molecular complexity index is 550. The molecule has 0 aliphatic rings. The third kappa shape index (κ3) is 3.25. The van der Waals surface area contributed by atoms with E-state index in [0.29, 0.717) is 18.0 Å². The van der Waals surface area contributed by atoms with E-state index in [9.17, 15) is 0 Å². The van der Waals surface area contributed by atoms with Crippen LogP contribution in [0.1, 0.15) is 6.92 Å². The number of hydrogen-bond acceptors (Lipinski definition) is 4. The van der Waals surface area contributed by atoms with E-state index >= 15 is 0 Å². The summed E-state index contributed by atoms with van der Waals surface area (Å²) in [5.41, 5.74) is 13.7. The van der Waals surface area contributed by atoms with Crippen LogP contribution in [0.15, 0.2) is 35.6 Å². The first kappa shape index (κ1) is 12.9. The average molecular weight is 259 g/mol. The van der Waals surface area contributed by atoms with Crippen LogP contribution in [0, 0.1) is 0 Å². The number of nitrogens with two attached hydrogens (primary N) is 2. The minimum atomic E-state index is -0.0956. The Morgan fingerprint density at radius 3 is 3.00 bits per heavy atom. The molecule has 0 spiro atoms. The molecule has 5 N–H and O–H groups in total. The Morgan fingerprint density at radius 1 is 1.47 bits per heavy atom. The first-order valence-corrected chi connectivity index (χ1v) is 5.96. The van der Waals surface area contributed by atoms with Gasteiger partial charge in [0.25, 0.3) is 0 Å². The second-order valence-corrected chi connectivity index (χ2v) is 4.18. The van der Waals surface area contributed by atoms with Crippen LogP contribution in [-0.4, -0.2) is 29.2 Å². The predicted molar refractivity (Wildman–Crippen MR) is 76.1 cm³/mol. The van der Waals surface area contributed by atoms with Crippen LogP contribution in [0.4, 0.5) is 5.69 Å². The van der Waals surface area contributed by atoms with Crippen molar-refractivity contribution in [1.29, 1.82) is 0 Å². The molecule has 0 saturated heterocycles. The first-order valence-electron chi connectivity index (χ1n) is 5.96. The number of hydrogen-bond donors (Lipinski definition) is 3. The minimum absolute atomic E-state index is 0.0956. The molecule has 0 aliphatic carbocycles. The van der Waals surface area contributed by atoms with E-state index in [0.717, 1.165) is 11.1 Å². The van der Waals surface area contributed by atoms with Gasteiger partial charge in [0.15, 0.2) is 0 Å². The molecule has 0 aliphatic heterocycles. The Hall–Kier alpha value is -2.50. The van der Waals surface area contributed by atoms with E-state index in [1.54, 1.807) is 6.20 Å². The van der Waals surface area contributed by atoms with Crippen molar-refractivity contribution in [3.8, 4) is 16.9 Å². The van der Waals surface area contributed by atoms with Gasteiger partial charge in [0.1, 0.15) is 11.9 Å². The largest absolute Gasteiger partial charge is 0.487 e. The summed E-state index contributed by atoms with van der Waals surface area (Å²) in [7, 11) is 0. The molecule has 0 unspecified atom stereocenters. The molecular formula is C13H17N5O. The van der Waals surface area contributed by atoms with Crippen molar-refractivity contribution in [2.24, 2.45) is 10.7 Å². The number of anilines is 1. The van der Waals surface area contributed by atoms with Crippen LogP contribution >= 0.6 is 0 Å². The standard InChI is InChI=1S/C13H17N5O/c1-9(5-16-8-14)19-13-4-10(2-3-12(13)15)11-6-17-18-7-11/h2-4,6-9H,5,15H2,1H3,(H2,14,16)(H,17,18)/t9-/m0/s1. The fraction of sp³-hybridized carbons (Fsp3) is 0.231. The number of nitrogen functional groups attached to an aromatic ring is 1. The molecule has 0 amide bonds. The average Bonchev–Trinajstić information content (AvgIpc) is 2.93. The maximum Gasteiger partial charge on any atom is 0.143 e. The van der Waals surface area contributed by atoms with Crippen molar-refractivity contribution in [1.82, 2.24) is 10.2 Å². The van der Waals surface area contributed by atoms with Crippen molar-refractivity contribution in [2.75, 3.05) is 12.3 Å². The van der Waals surface area contributed by atoms with Gasteiger partial charge in [-0.05, 0) is 24.6 Å². The van der Waals surface area contributed by atoms with Crippen molar-refractivity contribution < 1.29 is 4.74 Å². The third-order valence-corrected chi connectivity index (χ3v) is 2.64. The summed E-state index contributed by atoms with van der Waals surface area (Å²) in [6.07, 6.45) is 4.74. The highest BCUT2D eigenvalue weighted by molar-refractivity contribution is 5.68. The molecule has 0 saturated carbocycles. The van der Waals surface area contributed by atoms with Gasteiger partial charge in [-0.25, -0.2) is 0 Å². The van der Waals surface area contributed by atoms with Gasteiger partial charge in [0.2, 0.25) is 0 Å². The van der Waals surface area contributed by atoms with E-state index in [1.807, 2.05) is 31.3 Å². The zero-order chi connectivity index (χ0) is 13.7. The lowest BCUT2D eigenvalue weighted by atomic mass is 10.1. The second kappa shape index (κ2) is 5.90. The van der Waals surface area contributed by atoms with Crippen molar-refractivity contribution >= 4 is 12.0 Å². The number of nitrogens with one attached hydrogen (secondary N) is 1. The van der Waals surface area contributed by atoms with Crippen LogP contribution in [0.5, 0.6) is 5.75 Å². The van der Waals surface area contributed by atoms with Crippen molar-refractivity contribution in [2.45, 2.75) is 13.0 Å². The normalized spacial score (nSPS) is 12.7. The lowest BCUT2D eigenvalue weighted by molar-refractivity contribution is 0.232. The fourth-order valence-electron chi connectivity index (χ4n) is 1.69. The van der Waals surface area contributed by atoms with Gasteiger partial charge < -0.3 is 16.2 Å².